The quantitative estimate of drug-likeness (QED) is 0.875. The highest BCUT2D eigenvalue weighted by Gasteiger charge is 2.01. The maximum Gasteiger partial charge on any atom is 0.249 e. The lowest BCUT2D eigenvalue weighted by Gasteiger charge is -2.03. The molecule has 2 rings (SSSR count). The Morgan fingerprint density at radius 3 is 2.68 bits per heavy atom. The van der Waals surface area contributed by atoms with Gasteiger partial charge in [-0.15, -0.1) is 0 Å². The third kappa shape index (κ3) is 4.03. The van der Waals surface area contributed by atoms with Crippen LogP contribution in [0.1, 0.15) is 11.1 Å². The van der Waals surface area contributed by atoms with E-state index in [-0.39, 0.29) is 5.91 Å². The van der Waals surface area contributed by atoms with E-state index in [4.69, 9.17) is 0 Å². The van der Waals surface area contributed by atoms with Gasteiger partial charge in [0.2, 0.25) is 5.91 Å². The maximum atomic E-state index is 11.8. The van der Waals surface area contributed by atoms with Crippen LogP contribution < -0.4 is 5.32 Å². The Morgan fingerprint density at radius 2 is 2.00 bits per heavy atom. The van der Waals surface area contributed by atoms with Gasteiger partial charge in [-0.2, -0.15) is 0 Å². The number of benzene rings is 1. The number of nitrogens with one attached hydrogen (secondary N) is 1. The lowest BCUT2D eigenvalue weighted by atomic mass is 10.2. The molecule has 1 aromatic heterocycles. The van der Waals surface area contributed by atoms with E-state index in [2.05, 4.69) is 26.2 Å². The summed E-state index contributed by atoms with van der Waals surface area (Å²) in [6, 6.07) is 11.5. The van der Waals surface area contributed by atoms with Crippen LogP contribution in [0.5, 0.6) is 0 Å². The summed E-state index contributed by atoms with van der Waals surface area (Å²) in [7, 11) is 0. The van der Waals surface area contributed by atoms with E-state index in [1.165, 1.54) is 6.08 Å². The molecule has 0 aliphatic heterocycles. The highest BCUT2D eigenvalue weighted by atomic mass is 79.9. The van der Waals surface area contributed by atoms with E-state index < -0.39 is 0 Å². The van der Waals surface area contributed by atoms with Crippen molar-refractivity contribution < 1.29 is 4.79 Å². The Kier molecular flexibility index (Phi) is 4.47. The summed E-state index contributed by atoms with van der Waals surface area (Å²) in [5.74, 6) is 0.401. The molecule has 0 radical (unpaired) electrons. The molecule has 0 unspecified atom stereocenters. The van der Waals surface area contributed by atoms with Gasteiger partial charge in [-0.3, -0.25) is 4.79 Å². The first-order valence-electron chi connectivity index (χ1n) is 5.81. The third-order valence-corrected chi connectivity index (χ3v) is 3.08. The van der Waals surface area contributed by atoms with Crippen LogP contribution in [0, 0.1) is 6.92 Å². The Hall–Kier alpha value is -1.94. The van der Waals surface area contributed by atoms with Crippen LogP contribution in [0.2, 0.25) is 0 Å². The smallest absolute Gasteiger partial charge is 0.249 e. The zero-order valence-corrected chi connectivity index (χ0v) is 12.0. The van der Waals surface area contributed by atoms with Gasteiger partial charge in [0, 0.05) is 16.7 Å². The maximum absolute atomic E-state index is 11.8. The molecule has 1 amide bonds. The molecule has 1 heterocycles. The number of amides is 1. The number of carbonyl (C=O) groups excluding carboxylic acids is 1. The normalized spacial score (nSPS) is 10.6. The molecule has 0 aliphatic carbocycles. The van der Waals surface area contributed by atoms with E-state index in [1.807, 2.05) is 43.3 Å². The van der Waals surface area contributed by atoms with Crippen LogP contribution in [-0.2, 0) is 4.79 Å². The van der Waals surface area contributed by atoms with E-state index in [1.54, 1.807) is 12.3 Å². The highest BCUT2D eigenvalue weighted by Crippen LogP contribution is 2.12. The second-order valence-corrected chi connectivity index (χ2v) is 4.96. The SMILES string of the molecule is Cc1cccnc1NC(=O)/C=C/c1ccc(Br)cc1. The van der Waals surface area contributed by atoms with Crippen molar-refractivity contribution in [1.82, 2.24) is 4.98 Å². The monoisotopic (exact) mass is 316 g/mol. The van der Waals surface area contributed by atoms with Crippen LogP contribution in [0.3, 0.4) is 0 Å². The average Bonchev–Trinajstić information content (AvgIpc) is 2.41. The van der Waals surface area contributed by atoms with Gasteiger partial charge in [0.1, 0.15) is 5.82 Å². The molecule has 19 heavy (non-hydrogen) atoms. The molecule has 0 aliphatic rings. The van der Waals surface area contributed by atoms with Gasteiger partial charge in [-0.05, 0) is 42.3 Å². The highest BCUT2D eigenvalue weighted by molar-refractivity contribution is 9.10. The van der Waals surface area contributed by atoms with Crippen LogP contribution in [0.4, 0.5) is 5.82 Å². The number of hydrogen-bond donors (Lipinski definition) is 1. The number of rotatable bonds is 3. The van der Waals surface area contributed by atoms with Crippen molar-refractivity contribution in [1.29, 1.82) is 0 Å². The molecule has 0 saturated heterocycles. The zero-order chi connectivity index (χ0) is 13.7. The first-order valence-corrected chi connectivity index (χ1v) is 6.61. The van der Waals surface area contributed by atoms with E-state index >= 15 is 0 Å². The Morgan fingerprint density at radius 1 is 1.26 bits per heavy atom. The van der Waals surface area contributed by atoms with Crippen molar-refractivity contribution in [2.24, 2.45) is 0 Å². The predicted molar refractivity (Wildman–Crippen MR) is 80.8 cm³/mol. The van der Waals surface area contributed by atoms with Crippen LogP contribution in [0.25, 0.3) is 6.08 Å². The van der Waals surface area contributed by atoms with Crippen LogP contribution in [-0.4, -0.2) is 10.9 Å². The number of pyridine rings is 1. The summed E-state index contributed by atoms with van der Waals surface area (Å²) in [6.07, 6.45) is 4.92. The summed E-state index contributed by atoms with van der Waals surface area (Å²) >= 11 is 3.37. The fourth-order valence-corrected chi connectivity index (χ4v) is 1.79. The van der Waals surface area contributed by atoms with Crippen molar-refractivity contribution in [2.75, 3.05) is 5.32 Å². The zero-order valence-electron chi connectivity index (χ0n) is 10.4. The van der Waals surface area contributed by atoms with Gasteiger partial charge in [0.15, 0.2) is 0 Å². The Balaban J connectivity index is 2.02. The summed E-state index contributed by atoms with van der Waals surface area (Å²) in [6.45, 7) is 1.90. The number of aryl methyl sites for hydroxylation is 1. The van der Waals surface area contributed by atoms with E-state index in [9.17, 15) is 4.79 Å². The van der Waals surface area contributed by atoms with Gasteiger partial charge < -0.3 is 5.32 Å². The first kappa shape index (κ1) is 13.5. The Bertz CT molecular complexity index is 606. The molecule has 4 heteroatoms. The number of hydrogen-bond acceptors (Lipinski definition) is 2. The van der Waals surface area contributed by atoms with Gasteiger partial charge in [0.05, 0.1) is 0 Å². The number of halogens is 1. The van der Waals surface area contributed by atoms with Gasteiger partial charge in [-0.25, -0.2) is 4.98 Å². The molecule has 0 atom stereocenters. The van der Waals surface area contributed by atoms with Crippen LogP contribution >= 0.6 is 15.9 Å². The lowest BCUT2D eigenvalue weighted by Crippen LogP contribution is -2.10. The number of nitrogens with zero attached hydrogens (tertiary/aromatic N) is 1. The molecule has 96 valence electrons. The molecule has 2 aromatic rings. The molecule has 0 spiro atoms. The molecular weight excluding hydrogens is 304 g/mol. The second-order valence-electron chi connectivity index (χ2n) is 4.04. The van der Waals surface area contributed by atoms with Crippen LogP contribution in [0.15, 0.2) is 53.1 Å². The molecule has 0 saturated carbocycles. The van der Waals surface area contributed by atoms with Crippen molar-refractivity contribution in [2.45, 2.75) is 6.92 Å². The summed E-state index contributed by atoms with van der Waals surface area (Å²) in [5, 5.41) is 2.75. The number of anilines is 1. The molecule has 0 bridgehead atoms. The largest absolute Gasteiger partial charge is 0.307 e. The fourth-order valence-electron chi connectivity index (χ4n) is 1.52. The number of carbonyl (C=O) groups is 1. The Labute approximate surface area is 120 Å². The molecule has 1 aromatic carbocycles. The van der Waals surface area contributed by atoms with Crippen molar-refractivity contribution in [3.63, 3.8) is 0 Å². The third-order valence-electron chi connectivity index (χ3n) is 2.55. The minimum atomic E-state index is -0.190. The molecule has 1 N–H and O–H groups in total. The summed E-state index contributed by atoms with van der Waals surface area (Å²) in [5.41, 5.74) is 1.91. The van der Waals surface area contributed by atoms with E-state index in [0.29, 0.717) is 5.82 Å². The van der Waals surface area contributed by atoms with E-state index in [0.717, 1.165) is 15.6 Å². The summed E-state index contributed by atoms with van der Waals surface area (Å²) < 4.78 is 1.01. The number of aromatic nitrogens is 1. The lowest BCUT2D eigenvalue weighted by molar-refractivity contribution is -0.111. The first-order chi connectivity index (χ1) is 9.15. The molecule has 0 fully saturated rings. The van der Waals surface area contributed by atoms with Crippen molar-refractivity contribution in [3.8, 4) is 0 Å². The van der Waals surface area contributed by atoms with Gasteiger partial charge in [-0.1, -0.05) is 34.1 Å². The van der Waals surface area contributed by atoms with Crippen molar-refractivity contribution >= 4 is 33.7 Å². The summed E-state index contributed by atoms with van der Waals surface area (Å²) in [4.78, 5) is 15.9. The predicted octanol–water partition coefficient (Wildman–Crippen LogP) is 3.80. The van der Waals surface area contributed by atoms with Gasteiger partial charge in [0.25, 0.3) is 0 Å². The average molecular weight is 317 g/mol. The fraction of sp³-hybridized carbons (Fsp3) is 0.0667. The second kappa shape index (κ2) is 6.29. The van der Waals surface area contributed by atoms with Gasteiger partial charge >= 0.3 is 0 Å². The molecule has 3 nitrogen and oxygen atoms in total. The standard InChI is InChI=1S/C15H13BrN2O/c1-11-3-2-10-17-15(11)18-14(19)9-6-12-4-7-13(16)8-5-12/h2-10H,1H3,(H,17,18,19)/b9-6+. The van der Waals surface area contributed by atoms with Crippen molar-refractivity contribution in [3.05, 3.63) is 64.3 Å². The minimum absolute atomic E-state index is 0.190. The molecular formula is C15H13BrN2O. The topological polar surface area (TPSA) is 42.0 Å². The minimum Gasteiger partial charge on any atom is -0.307 e.